The Morgan fingerprint density at radius 2 is 2.15 bits per heavy atom. The van der Waals surface area contributed by atoms with Crippen LogP contribution in [0.15, 0.2) is 35.1 Å². The van der Waals surface area contributed by atoms with Crippen molar-refractivity contribution in [2.24, 2.45) is 5.73 Å². The summed E-state index contributed by atoms with van der Waals surface area (Å²) < 4.78 is 6.46. The molecule has 0 bridgehead atoms. The average molecular weight is 275 g/mol. The van der Waals surface area contributed by atoms with Crippen LogP contribution in [0.2, 0.25) is 0 Å². The van der Waals surface area contributed by atoms with Crippen molar-refractivity contribution < 1.29 is 9.53 Å². The number of methoxy groups -OCH3 is 1. The monoisotopic (exact) mass is 275 g/mol. The highest BCUT2D eigenvalue weighted by molar-refractivity contribution is 5.79. The highest BCUT2D eigenvalue weighted by atomic mass is 16.5. The van der Waals surface area contributed by atoms with E-state index in [9.17, 15) is 9.59 Å². The fraction of sp³-hybridized carbons (Fsp3) is 0.286. The molecular formula is C14H17N3O3. The van der Waals surface area contributed by atoms with Crippen molar-refractivity contribution >= 4 is 5.91 Å². The Bertz CT molecular complexity index is 658. The summed E-state index contributed by atoms with van der Waals surface area (Å²) in [6.07, 6.45) is 0.797. The number of para-hydroxylation sites is 1. The maximum atomic E-state index is 12.1. The molecule has 0 unspecified atom stereocenters. The van der Waals surface area contributed by atoms with E-state index in [0.29, 0.717) is 12.1 Å². The van der Waals surface area contributed by atoms with Gasteiger partial charge in [-0.3, -0.25) is 14.7 Å². The van der Waals surface area contributed by atoms with Crippen LogP contribution in [0.5, 0.6) is 5.75 Å². The lowest BCUT2D eigenvalue weighted by molar-refractivity contribution is 0.0883. The van der Waals surface area contributed by atoms with Crippen LogP contribution >= 0.6 is 0 Å². The number of nitrogens with zero attached hydrogens (tertiary/aromatic N) is 1. The summed E-state index contributed by atoms with van der Waals surface area (Å²) in [7, 11) is 1.59. The van der Waals surface area contributed by atoms with E-state index in [0.717, 1.165) is 11.3 Å². The molecule has 0 atom stereocenters. The minimum atomic E-state index is -0.323. The summed E-state index contributed by atoms with van der Waals surface area (Å²) in [5.74, 6) is 0.554. The van der Waals surface area contributed by atoms with Crippen LogP contribution in [0.25, 0.3) is 0 Å². The van der Waals surface area contributed by atoms with Crippen LogP contribution in [0, 0.1) is 0 Å². The molecule has 0 saturated heterocycles. The number of H-pyrrole nitrogens is 1. The molecule has 0 aliphatic rings. The molecule has 1 aromatic heterocycles. The predicted octanol–water partition coefficient (Wildman–Crippen LogP) is 0.917. The molecule has 0 aliphatic heterocycles. The molecule has 0 aliphatic carbocycles. The van der Waals surface area contributed by atoms with Crippen LogP contribution < -0.4 is 16.0 Å². The van der Waals surface area contributed by atoms with Crippen LogP contribution in [0.1, 0.15) is 22.5 Å². The van der Waals surface area contributed by atoms with Crippen LogP contribution in [-0.2, 0) is 13.0 Å². The smallest absolute Gasteiger partial charge is 0.264 e. The predicted molar refractivity (Wildman–Crippen MR) is 74.9 cm³/mol. The Morgan fingerprint density at radius 3 is 2.85 bits per heavy atom. The second-order valence-electron chi connectivity index (χ2n) is 4.36. The maximum absolute atomic E-state index is 12.1. The molecule has 0 spiro atoms. The molecule has 2 rings (SSSR count). The van der Waals surface area contributed by atoms with E-state index >= 15 is 0 Å². The fourth-order valence-corrected chi connectivity index (χ4v) is 2.07. The fourth-order valence-electron chi connectivity index (χ4n) is 2.07. The van der Waals surface area contributed by atoms with Gasteiger partial charge in [-0.1, -0.05) is 18.2 Å². The quantitative estimate of drug-likeness (QED) is 0.849. The van der Waals surface area contributed by atoms with E-state index in [-0.39, 0.29) is 24.4 Å². The SMILES string of the molecule is COc1ccccc1CCC(=O)n1[nH]c(=O)cc1CN. The number of nitrogens with two attached hydrogens (primary N) is 1. The molecule has 0 radical (unpaired) electrons. The molecule has 0 amide bonds. The van der Waals surface area contributed by atoms with Gasteiger partial charge in [0, 0.05) is 19.0 Å². The van der Waals surface area contributed by atoms with Gasteiger partial charge < -0.3 is 10.5 Å². The van der Waals surface area contributed by atoms with Gasteiger partial charge in [0.05, 0.1) is 12.8 Å². The molecule has 0 saturated carbocycles. The number of benzene rings is 1. The lowest BCUT2D eigenvalue weighted by Gasteiger charge is -2.08. The molecule has 6 heteroatoms. The minimum absolute atomic E-state index is 0.138. The molecule has 1 heterocycles. The van der Waals surface area contributed by atoms with Crippen molar-refractivity contribution in [2.45, 2.75) is 19.4 Å². The van der Waals surface area contributed by atoms with Gasteiger partial charge in [-0.15, -0.1) is 0 Å². The zero-order chi connectivity index (χ0) is 14.5. The van der Waals surface area contributed by atoms with Gasteiger partial charge in [-0.05, 0) is 18.1 Å². The first kappa shape index (κ1) is 14.1. The third-order valence-electron chi connectivity index (χ3n) is 3.07. The van der Waals surface area contributed by atoms with Crippen LogP contribution in [-0.4, -0.2) is 22.8 Å². The number of aryl methyl sites for hydroxylation is 1. The van der Waals surface area contributed by atoms with E-state index in [1.54, 1.807) is 7.11 Å². The largest absolute Gasteiger partial charge is 0.496 e. The zero-order valence-corrected chi connectivity index (χ0v) is 11.3. The van der Waals surface area contributed by atoms with Gasteiger partial charge in [0.2, 0.25) is 5.91 Å². The topological polar surface area (TPSA) is 90.1 Å². The zero-order valence-electron chi connectivity index (χ0n) is 11.3. The third kappa shape index (κ3) is 2.97. The summed E-state index contributed by atoms with van der Waals surface area (Å²) in [5.41, 5.74) is 6.62. The number of aromatic nitrogens is 2. The number of rotatable bonds is 5. The Labute approximate surface area is 116 Å². The normalized spacial score (nSPS) is 10.5. The van der Waals surface area contributed by atoms with Crippen molar-refractivity contribution in [3.05, 3.63) is 51.9 Å². The number of ether oxygens (including phenoxy) is 1. The molecule has 0 fully saturated rings. The van der Waals surface area contributed by atoms with Crippen molar-refractivity contribution in [2.75, 3.05) is 7.11 Å². The molecule has 3 N–H and O–H groups in total. The molecular weight excluding hydrogens is 258 g/mol. The minimum Gasteiger partial charge on any atom is -0.496 e. The Balaban J connectivity index is 2.10. The summed E-state index contributed by atoms with van der Waals surface area (Å²) in [5, 5.41) is 2.46. The van der Waals surface area contributed by atoms with E-state index in [1.165, 1.54) is 10.7 Å². The first-order chi connectivity index (χ1) is 9.65. The van der Waals surface area contributed by atoms with E-state index < -0.39 is 0 Å². The second kappa shape index (κ2) is 6.21. The molecule has 106 valence electrons. The van der Waals surface area contributed by atoms with Crippen molar-refractivity contribution in [1.29, 1.82) is 0 Å². The van der Waals surface area contributed by atoms with Crippen molar-refractivity contribution in [3.8, 4) is 5.75 Å². The summed E-state index contributed by atoms with van der Waals surface area (Å²) in [4.78, 5) is 23.4. The van der Waals surface area contributed by atoms with E-state index in [4.69, 9.17) is 10.5 Å². The van der Waals surface area contributed by atoms with Gasteiger partial charge in [-0.25, -0.2) is 4.68 Å². The van der Waals surface area contributed by atoms with Gasteiger partial charge in [0.1, 0.15) is 5.75 Å². The Kier molecular flexibility index (Phi) is 4.37. The number of nitrogens with one attached hydrogen (secondary N) is 1. The van der Waals surface area contributed by atoms with Gasteiger partial charge in [0.15, 0.2) is 0 Å². The summed E-state index contributed by atoms with van der Waals surface area (Å²) in [6, 6.07) is 8.86. The number of hydrogen-bond acceptors (Lipinski definition) is 4. The van der Waals surface area contributed by atoms with Gasteiger partial charge in [0.25, 0.3) is 5.56 Å². The first-order valence-corrected chi connectivity index (χ1v) is 6.32. The average Bonchev–Trinajstić information content (AvgIpc) is 2.86. The lowest BCUT2D eigenvalue weighted by Crippen LogP contribution is -2.19. The first-order valence-electron chi connectivity index (χ1n) is 6.32. The summed E-state index contributed by atoms with van der Waals surface area (Å²) >= 11 is 0. The number of carbonyl (C=O) groups is 1. The van der Waals surface area contributed by atoms with Gasteiger partial charge in [-0.2, -0.15) is 0 Å². The highest BCUT2D eigenvalue weighted by Crippen LogP contribution is 2.19. The third-order valence-corrected chi connectivity index (χ3v) is 3.07. The number of aromatic amines is 1. The highest BCUT2D eigenvalue weighted by Gasteiger charge is 2.12. The number of carbonyl (C=O) groups excluding carboxylic acids is 1. The molecule has 1 aromatic carbocycles. The van der Waals surface area contributed by atoms with Crippen LogP contribution in [0.4, 0.5) is 0 Å². The Morgan fingerprint density at radius 1 is 1.40 bits per heavy atom. The van der Waals surface area contributed by atoms with Crippen LogP contribution in [0.3, 0.4) is 0 Å². The Hall–Kier alpha value is -2.34. The summed E-state index contributed by atoms with van der Waals surface area (Å²) in [6.45, 7) is 0.138. The maximum Gasteiger partial charge on any atom is 0.264 e. The molecule has 6 nitrogen and oxygen atoms in total. The van der Waals surface area contributed by atoms with E-state index in [2.05, 4.69) is 5.10 Å². The molecule has 20 heavy (non-hydrogen) atoms. The van der Waals surface area contributed by atoms with E-state index in [1.807, 2.05) is 24.3 Å². The molecule has 2 aromatic rings. The van der Waals surface area contributed by atoms with Crippen molar-refractivity contribution in [3.63, 3.8) is 0 Å². The second-order valence-corrected chi connectivity index (χ2v) is 4.36. The van der Waals surface area contributed by atoms with Gasteiger partial charge >= 0.3 is 0 Å². The number of hydrogen-bond donors (Lipinski definition) is 2. The van der Waals surface area contributed by atoms with Crippen molar-refractivity contribution in [1.82, 2.24) is 9.78 Å². The lowest BCUT2D eigenvalue weighted by atomic mass is 10.1. The standard InChI is InChI=1S/C14H17N3O3/c1-20-12-5-3-2-4-10(12)6-7-14(19)17-11(9-15)8-13(18)16-17/h2-5,8H,6-7,9,15H2,1H3,(H,16,18).